The molecule has 2 rings (SSSR count). The van der Waals surface area contributed by atoms with Crippen molar-refractivity contribution in [3.63, 3.8) is 0 Å². The number of aromatic nitrogens is 1. The number of aryl methyl sites for hydroxylation is 1. The zero-order chi connectivity index (χ0) is 19.2. The summed E-state index contributed by atoms with van der Waals surface area (Å²) in [4.78, 5) is 13.4. The summed E-state index contributed by atoms with van der Waals surface area (Å²) in [6.45, 7) is 11.4. The van der Waals surface area contributed by atoms with Gasteiger partial charge in [-0.1, -0.05) is 52.8 Å². The average Bonchev–Trinajstić information content (AvgIpc) is 2.67. The molecule has 24 heavy (non-hydrogen) atoms. The molecule has 0 N–H and O–H groups in total. The highest BCUT2D eigenvalue weighted by molar-refractivity contribution is 5.65. The van der Waals surface area contributed by atoms with E-state index in [9.17, 15) is 9.18 Å². The smallest absolute Gasteiger partial charge is 0.302 e. The number of esters is 1. The number of halogens is 1. The van der Waals surface area contributed by atoms with Gasteiger partial charge in [0, 0.05) is 19.3 Å². The summed E-state index contributed by atoms with van der Waals surface area (Å²) < 4.78 is 16.5. The quantitative estimate of drug-likeness (QED) is 0.626. The van der Waals surface area contributed by atoms with Crippen LogP contribution in [0.15, 0.2) is 54.9 Å². The second kappa shape index (κ2) is 23.0. The molecule has 136 valence electrons. The van der Waals surface area contributed by atoms with Crippen LogP contribution in [-0.2, 0) is 16.0 Å². The van der Waals surface area contributed by atoms with Crippen molar-refractivity contribution >= 4 is 5.97 Å². The average molecular weight is 337 g/mol. The first-order chi connectivity index (χ1) is 11.6. The molecule has 0 saturated carbocycles. The van der Waals surface area contributed by atoms with E-state index in [-0.39, 0.29) is 11.8 Å². The van der Waals surface area contributed by atoms with E-state index >= 15 is 0 Å². The molecule has 1 aromatic carbocycles. The summed E-state index contributed by atoms with van der Waals surface area (Å²) in [5.41, 5.74) is 1.05. The number of hydrogen-bond donors (Lipinski definition) is 0. The third kappa shape index (κ3) is 22.1. The van der Waals surface area contributed by atoms with Gasteiger partial charge in [0.25, 0.3) is 0 Å². The van der Waals surface area contributed by atoms with Crippen LogP contribution in [0.3, 0.4) is 0 Å². The first kappa shape index (κ1) is 26.7. The van der Waals surface area contributed by atoms with Crippen molar-refractivity contribution in [3.05, 3.63) is 66.2 Å². The first-order valence-electron chi connectivity index (χ1n) is 8.24. The Labute approximate surface area is 146 Å². The Kier molecular flexibility index (Phi) is 25.6. The summed E-state index contributed by atoms with van der Waals surface area (Å²) in [5, 5.41) is 0. The van der Waals surface area contributed by atoms with E-state index in [4.69, 9.17) is 0 Å². The fraction of sp³-hybridized carbons (Fsp3) is 0.400. The zero-order valence-corrected chi connectivity index (χ0v) is 16.0. The standard InChI is InChI=1S/C8H9F.C5H5N.C3H6O2.2C2H6/c1-2-7-4-3-5-8(9)6-7;1-2-4-6-5-3-1;1-3(4)5-2;2*1-2/h3-6H,2H2,1H3;1-5H;1-2H3;2*1-2H3. The molecular weight excluding hydrogens is 305 g/mol. The van der Waals surface area contributed by atoms with E-state index in [2.05, 4.69) is 9.72 Å². The van der Waals surface area contributed by atoms with E-state index < -0.39 is 0 Å². The van der Waals surface area contributed by atoms with E-state index in [0.29, 0.717) is 0 Å². The summed E-state index contributed by atoms with van der Waals surface area (Å²) in [7, 11) is 1.35. The lowest BCUT2D eigenvalue weighted by atomic mass is 10.2. The maximum Gasteiger partial charge on any atom is 0.302 e. The maximum absolute atomic E-state index is 12.4. The molecule has 0 unspecified atom stereocenters. The van der Waals surface area contributed by atoms with Crippen LogP contribution < -0.4 is 0 Å². The van der Waals surface area contributed by atoms with Crippen molar-refractivity contribution in [3.8, 4) is 0 Å². The van der Waals surface area contributed by atoms with E-state index in [0.717, 1.165) is 12.0 Å². The zero-order valence-electron chi connectivity index (χ0n) is 16.0. The van der Waals surface area contributed by atoms with Gasteiger partial charge in [-0.05, 0) is 36.2 Å². The van der Waals surface area contributed by atoms with Gasteiger partial charge < -0.3 is 4.74 Å². The number of ether oxygens (including phenoxy) is 1. The van der Waals surface area contributed by atoms with Crippen LogP contribution in [0, 0.1) is 5.82 Å². The van der Waals surface area contributed by atoms with Gasteiger partial charge in [0.2, 0.25) is 0 Å². The number of carbonyl (C=O) groups excluding carboxylic acids is 1. The highest BCUT2D eigenvalue weighted by Gasteiger charge is 1.88. The Morgan fingerprint density at radius 3 is 1.75 bits per heavy atom. The fourth-order valence-electron chi connectivity index (χ4n) is 1.07. The summed E-state index contributed by atoms with van der Waals surface area (Å²) >= 11 is 0. The van der Waals surface area contributed by atoms with E-state index in [1.807, 2.05) is 58.9 Å². The van der Waals surface area contributed by atoms with Gasteiger partial charge in [0.1, 0.15) is 5.82 Å². The summed E-state index contributed by atoms with van der Waals surface area (Å²) in [5.74, 6) is -0.389. The SMILES string of the molecule is CC.CC.CCc1cccc(F)c1.COC(C)=O.c1ccncc1. The number of rotatable bonds is 1. The van der Waals surface area contributed by atoms with Crippen LogP contribution in [0.25, 0.3) is 0 Å². The molecule has 0 aliphatic rings. The molecule has 0 aliphatic carbocycles. The van der Waals surface area contributed by atoms with Gasteiger partial charge in [0.15, 0.2) is 0 Å². The molecule has 0 amide bonds. The molecule has 4 heteroatoms. The van der Waals surface area contributed by atoms with E-state index in [1.165, 1.54) is 20.1 Å². The monoisotopic (exact) mass is 337 g/mol. The normalized spacial score (nSPS) is 7.50. The Hall–Kier alpha value is -2.23. The molecular formula is C20H32FNO2. The Morgan fingerprint density at radius 2 is 1.54 bits per heavy atom. The lowest BCUT2D eigenvalue weighted by molar-refractivity contribution is -0.137. The van der Waals surface area contributed by atoms with Crippen molar-refractivity contribution in [1.82, 2.24) is 4.98 Å². The highest BCUT2D eigenvalue weighted by Crippen LogP contribution is 2.02. The topological polar surface area (TPSA) is 39.2 Å². The highest BCUT2D eigenvalue weighted by atomic mass is 19.1. The third-order valence-electron chi connectivity index (χ3n) is 2.15. The van der Waals surface area contributed by atoms with Crippen molar-refractivity contribution in [2.45, 2.75) is 48.0 Å². The first-order valence-corrected chi connectivity index (χ1v) is 8.24. The predicted molar refractivity (Wildman–Crippen MR) is 100 cm³/mol. The lowest BCUT2D eigenvalue weighted by Crippen LogP contribution is -1.88. The summed E-state index contributed by atoms with van der Waals surface area (Å²) in [6.07, 6.45) is 4.40. The molecule has 1 heterocycles. The van der Waals surface area contributed by atoms with Crippen LogP contribution in [-0.4, -0.2) is 18.1 Å². The molecule has 0 saturated heterocycles. The molecule has 0 radical (unpaired) electrons. The second-order valence-electron chi connectivity index (χ2n) is 3.70. The molecule has 1 aromatic heterocycles. The molecule has 0 atom stereocenters. The molecule has 0 spiro atoms. The number of methoxy groups -OCH3 is 1. The third-order valence-corrected chi connectivity index (χ3v) is 2.15. The van der Waals surface area contributed by atoms with Crippen LogP contribution in [0.1, 0.15) is 47.1 Å². The number of pyridine rings is 1. The lowest BCUT2D eigenvalue weighted by Gasteiger charge is -1.92. The van der Waals surface area contributed by atoms with Crippen LogP contribution in [0.5, 0.6) is 0 Å². The second-order valence-corrected chi connectivity index (χ2v) is 3.70. The minimum atomic E-state index is -0.245. The summed E-state index contributed by atoms with van der Waals surface area (Å²) in [6, 6.07) is 12.4. The van der Waals surface area contributed by atoms with Crippen LogP contribution in [0.2, 0.25) is 0 Å². The van der Waals surface area contributed by atoms with Gasteiger partial charge in [-0.25, -0.2) is 4.39 Å². The number of benzene rings is 1. The van der Waals surface area contributed by atoms with Gasteiger partial charge in [0.05, 0.1) is 7.11 Å². The molecule has 0 fully saturated rings. The Bertz CT molecular complexity index is 449. The van der Waals surface area contributed by atoms with Crippen molar-refractivity contribution in [1.29, 1.82) is 0 Å². The maximum atomic E-state index is 12.4. The van der Waals surface area contributed by atoms with Crippen molar-refractivity contribution < 1.29 is 13.9 Å². The fourth-order valence-corrected chi connectivity index (χ4v) is 1.07. The Balaban J connectivity index is -0.000000259. The van der Waals surface area contributed by atoms with Crippen molar-refractivity contribution in [2.75, 3.05) is 7.11 Å². The molecule has 0 aliphatic heterocycles. The van der Waals surface area contributed by atoms with Crippen LogP contribution >= 0.6 is 0 Å². The van der Waals surface area contributed by atoms with Gasteiger partial charge >= 0.3 is 5.97 Å². The molecule has 0 bridgehead atoms. The largest absolute Gasteiger partial charge is 0.469 e. The Morgan fingerprint density at radius 1 is 1.04 bits per heavy atom. The van der Waals surface area contributed by atoms with Crippen molar-refractivity contribution in [2.24, 2.45) is 0 Å². The van der Waals surface area contributed by atoms with Crippen LogP contribution in [0.4, 0.5) is 4.39 Å². The minimum absolute atomic E-state index is 0.144. The van der Waals surface area contributed by atoms with Gasteiger partial charge in [-0.3, -0.25) is 9.78 Å². The van der Waals surface area contributed by atoms with Gasteiger partial charge in [-0.15, -0.1) is 0 Å². The molecule has 2 aromatic rings. The molecule has 3 nitrogen and oxygen atoms in total. The predicted octanol–water partition coefficient (Wildman–Crippen LogP) is 5.70. The number of carbonyl (C=O) groups is 1. The van der Waals surface area contributed by atoms with Gasteiger partial charge in [-0.2, -0.15) is 0 Å². The minimum Gasteiger partial charge on any atom is -0.469 e. The number of nitrogens with zero attached hydrogens (tertiary/aromatic N) is 1. The van der Waals surface area contributed by atoms with E-state index in [1.54, 1.807) is 24.5 Å². The number of hydrogen-bond acceptors (Lipinski definition) is 3.